The van der Waals surface area contributed by atoms with Gasteiger partial charge in [-0.1, -0.05) is 19.1 Å². The van der Waals surface area contributed by atoms with Crippen molar-refractivity contribution in [3.8, 4) is 11.5 Å². The molecule has 0 atom stereocenters. The third kappa shape index (κ3) is 2.27. The molecule has 0 aliphatic heterocycles. The molecule has 0 radical (unpaired) electrons. The molecule has 4 heteroatoms. The van der Waals surface area contributed by atoms with Gasteiger partial charge < -0.3 is 10.2 Å². The first-order valence-electron chi connectivity index (χ1n) is 5.46. The fourth-order valence-corrected chi connectivity index (χ4v) is 1.90. The van der Waals surface area contributed by atoms with E-state index in [4.69, 9.17) is 10.2 Å². The second kappa shape index (κ2) is 4.64. The molecule has 0 amide bonds. The third-order valence-electron chi connectivity index (χ3n) is 2.90. The first-order chi connectivity index (χ1) is 8.49. The van der Waals surface area contributed by atoms with Gasteiger partial charge in [0, 0.05) is 18.1 Å². The highest BCUT2D eigenvalue weighted by atomic mass is 19.1. The van der Waals surface area contributed by atoms with Crippen molar-refractivity contribution >= 4 is 0 Å². The molecule has 0 heterocycles. The van der Waals surface area contributed by atoms with Gasteiger partial charge in [0.05, 0.1) is 0 Å². The minimum Gasteiger partial charge on any atom is -0.508 e. The molecule has 0 saturated heterocycles. The molecule has 2 aromatic rings. The van der Waals surface area contributed by atoms with Crippen LogP contribution in [0.2, 0.25) is 0 Å². The Morgan fingerprint density at radius 1 is 0.833 bits per heavy atom. The molecule has 18 heavy (non-hydrogen) atoms. The summed E-state index contributed by atoms with van der Waals surface area (Å²) in [6.45, 7) is 1.66. The number of halogens is 2. The lowest BCUT2D eigenvalue weighted by molar-refractivity contribution is 0.466. The summed E-state index contributed by atoms with van der Waals surface area (Å²) in [6.07, 6.45) is 0. The Bertz CT molecular complexity index is 531. The zero-order valence-electron chi connectivity index (χ0n) is 9.69. The molecule has 0 unspecified atom stereocenters. The molecule has 2 nitrogen and oxygen atoms in total. The zero-order valence-corrected chi connectivity index (χ0v) is 9.69. The van der Waals surface area contributed by atoms with Crippen LogP contribution in [0.5, 0.6) is 11.5 Å². The van der Waals surface area contributed by atoms with Crippen molar-refractivity contribution in [3.05, 3.63) is 59.2 Å². The van der Waals surface area contributed by atoms with Crippen LogP contribution in [-0.4, -0.2) is 10.2 Å². The molecule has 0 saturated carbocycles. The van der Waals surface area contributed by atoms with Crippen LogP contribution in [0.3, 0.4) is 0 Å². The lowest BCUT2D eigenvalue weighted by atomic mass is 9.92. The van der Waals surface area contributed by atoms with Crippen LogP contribution in [0.1, 0.15) is 24.0 Å². The molecule has 2 aromatic carbocycles. The number of phenols is 2. The average Bonchev–Trinajstić information content (AvgIpc) is 2.28. The predicted molar refractivity (Wildman–Crippen MR) is 63.6 cm³/mol. The summed E-state index contributed by atoms with van der Waals surface area (Å²) >= 11 is 0. The number of hydrogen-bond acceptors (Lipinski definition) is 2. The van der Waals surface area contributed by atoms with Crippen molar-refractivity contribution in [2.45, 2.75) is 12.8 Å². The highest BCUT2D eigenvalue weighted by molar-refractivity contribution is 5.38. The van der Waals surface area contributed by atoms with Gasteiger partial charge in [-0.25, -0.2) is 8.78 Å². The number of phenolic OH excluding ortho intramolecular Hbond substituents is 2. The van der Waals surface area contributed by atoms with Crippen LogP contribution in [0, 0.1) is 11.6 Å². The Labute approximate surface area is 103 Å². The van der Waals surface area contributed by atoms with Gasteiger partial charge in [-0.15, -0.1) is 0 Å². The van der Waals surface area contributed by atoms with Gasteiger partial charge in [0.25, 0.3) is 0 Å². The number of rotatable bonds is 2. The maximum Gasteiger partial charge on any atom is 0.130 e. The van der Waals surface area contributed by atoms with E-state index in [-0.39, 0.29) is 22.6 Å². The van der Waals surface area contributed by atoms with Crippen LogP contribution in [0.25, 0.3) is 0 Å². The summed E-state index contributed by atoms with van der Waals surface area (Å²) in [6, 6.07) is 7.53. The van der Waals surface area contributed by atoms with Gasteiger partial charge in [0.2, 0.25) is 0 Å². The monoisotopic (exact) mass is 250 g/mol. The van der Waals surface area contributed by atoms with E-state index >= 15 is 0 Å². The minimum atomic E-state index is -0.588. The van der Waals surface area contributed by atoms with E-state index in [1.54, 1.807) is 6.92 Å². The quantitative estimate of drug-likeness (QED) is 0.856. The molecule has 0 aliphatic rings. The van der Waals surface area contributed by atoms with Crippen LogP contribution in [0.15, 0.2) is 36.4 Å². The summed E-state index contributed by atoms with van der Waals surface area (Å²) in [7, 11) is 0. The van der Waals surface area contributed by atoms with Crippen molar-refractivity contribution in [2.75, 3.05) is 0 Å². The van der Waals surface area contributed by atoms with Gasteiger partial charge >= 0.3 is 0 Å². The predicted octanol–water partition coefficient (Wildman–Crippen LogP) is 3.53. The summed E-state index contributed by atoms with van der Waals surface area (Å²) < 4.78 is 27.3. The second-order valence-corrected chi connectivity index (χ2v) is 4.13. The number of aromatic hydroxyl groups is 2. The van der Waals surface area contributed by atoms with E-state index in [0.717, 1.165) is 12.1 Å². The Hall–Kier alpha value is -2.10. The largest absolute Gasteiger partial charge is 0.508 e. The molecule has 0 spiro atoms. The molecule has 0 aromatic heterocycles. The highest BCUT2D eigenvalue weighted by Gasteiger charge is 2.17. The van der Waals surface area contributed by atoms with E-state index in [9.17, 15) is 8.78 Å². The van der Waals surface area contributed by atoms with Gasteiger partial charge in [0.15, 0.2) is 0 Å². The van der Waals surface area contributed by atoms with Crippen molar-refractivity contribution < 1.29 is 19.0 Å². The molecule has 0 aliphatic carbocycles. The van der Waals surface area contributed by atoms with Crippen LogP contribution in [-0.2, 0) is 0 Å². The normalized spacial score (nSPS) is 10.9. The van der Waals surface area contributed by atoms with Crippen molar-refractivity contribution in [2.24, 2.45) is 0 Å². The van der Waals surface area contributed by atoms with E-state index in [1.165, 1.54) is 24.3 Å². The second-order valence-electron chi connectivity index (χ2n) is 4.13. The molecule has 2 rings (SSSR count). The Balaban J connectivity index is 2.44. The molecule has 2 N–H and O–H groups in total. The summed E-state index contributed by atoms with van der Waals surface area (Å²) in [5, 5.41) is 18.3. The fraction of sp³-hybridized carbons (Fsp3) is 0.143. The van der Waals surface area contributed by atoms with Crippen LogP contribution >= 0.6 is 0 Å². The zero-order chi connectivity index (χ0) is 13.3. The van der Waals surface area contributed by atoms with E-state index in [2.05, 4.69) is 0 Å². The van der Waals surface area contributed by atoms with Crippen LogP contribution < -0.4 is 0 Å². The maximum absolute atomic E-state index is 13.7. The molecular formula is C14H12F2O2. The lowest BCUT2D eigenvalue weighted by Crippen LogP contribution is -2.01. The fourth-order valence-electron chi connectivity index (χ4n) is 1.90. The summed E-state index contributed by atoms with van der Waals surface area (Å²) in [4.78, 5) is 0. The Morgan fingerprint density at radius 3 is 1.56 bits per heavy atom. The Kier molecular flexibility index (Phi) is 3.19. The van der Waals surface area contributed by atoms with E-state index in [1.807, 2.05) is 0 Å². The molecule has 94 valence electrons. The van der Waals surface area contributed by atoms with Gasteiger partial charge in [-0.3, -0.25) is 0 Å². The highest BCUT2D eigenvalue weighted by Crippen LogP contribution is 2.31. The summed E-state index contributed by atoms with van der Waals surface area (Å²) in [5.74, 6) is -2.03. The standard InChI is InChI=1S/C14H12F2O2/c1-8(11-4-2-9(17)6-13(11)15)12-5-3-10(18)7-14(12)16/h2-8,17-18H,1H3. The molecule has 0 bridgehead atoms. The SMILES string of the molecule is CC(c1ccc(O)cc1F)c1ccc(O)cc1F. The molecule has 0 fully saturated rings. The topological polar surface area (TPSA) is 40.5 Å². The van der Waals surface area contributed by atoms with Gasteiger partial charge in [0.1, 0.15) is 23.1 Å². The van der Waals surface area contributed by atoms with Crippen molar-refractivity contribution in [3.63, 3.8) is 0 Å². The Morgan fingerprint density at radius 2 is 1.22 bits per heavy atom. The van der Waals surface area contributed by atoms with E-state index in [0.29, 0.717) is 0 Å². The van der Waals surface area contributed by atoms with Gasteiger partial charge in [-0.05, 0) is 23.3 Å². The lowest BCUT2D eigenvalue weighted by Gasteiger charge is -2.14. The van der Waals surface area contributed by atoms with Crippen molar-refractivity contribution in [1.82, 2.24) is 0 Å². The average molecular weight is 250 g/mol. The first-order valence-corrected chi connectivity index (χ1v) is 5.46. The third-order valence-corrected chi connectivity index (χ3v) is 2.90. The molecular weight excluding hydrogens is 238 g/mol. The smallest absolute Gasteiger partial charge is 0.130 e. The first kappa shape index (κ1) is 12.4. The minimum absolute atomic E-state index is 0.172. The summed E-state index contributed by atoms with van der Waals surface area (Å²) in [5.41, 5.74) is 0.578. The van der Waals surface area contributed by atoms with Crippen molar-refractivity contribution in [1.29, 1.82) is 0 Å². The van der Waals surface area contributed by atoms with Gasteiger partial charge in [-0.2, -0.15) is 0 Å². The van der Waals surface area contributed by atoms with Crippen LogP contribution in [0.4, 0.5) is 8.78 Å². The number of hydrogen-bond donors (Lipinski definition) is 2. The number of benzene rings is 2. The van der Waals surface area contributed by atoms with E-state index < -0.39 is 17.6 Å². The maximum atomic E-state index is 13.7.